The van der Waals surface area contributed by atoms with E-state index in [-0.39, 0.29) is 28.3 Å². The number of hydrogen-bond acceptors (Lipinski definition) is 6. The van der Waals surface area contributed by atoms with Crippen LogP contribution in [0, 0.1) is 11.3 Å². The predicted octanol–water partition coefficient (Wildman–Crippen LogP) is 3.87. The van der Waals surface area contributed by atoms with E-state index >= 15 is 0 Å². The molecule has 1 N–H and O–H groups in total. The van der Waals surface area contributed by atoms with Crippen LogP contribution in [0.4, 0.5) is 13.2 Å². The summed E-state index contributed by atoms with van der Waals surface area (Å²) in [5.41, 5.74) is 1.15. The van der Waals surface area contributed by atoms with Crippen LogP contribution in [-0.4, -0.2) is 51.0 Å². The first kappa shape index (κ1) is 22.3. The number of piperidine rings is 1. The molecule has 4 aliphatic rings. The summed E-state index contributed by atoms with van der Waals surface area (Å²) in [6.45, 7) is 3.14. The van der Waals surface area contributed by atoms with Crippen molar-refractivity contribution in [2.24, 2.45) is 11.3 Å². The van der Waals surface area contributed by atoms with Crippen LogP contribution < -0.4 is 10.1 Å². The Morgan fingerprint density at radius 2 is 2.03 bits per heavy atom. The number of hydrogen-bond donors (Lipinski definition) is 1. The molecule has 4 atom stereocenters. The molecule has 3 fully saturated rings. The number of carbonyl (C=O) groups excluding carboxylic acids is 1. The number of amides is 1. The minimum Gasteiger partial charge on any atom is -0.471 e. The lowest BCUT2D eigenvalue weighted by Gasteiger charge is -2.47. The Hall–Kier alpha value is -3.14. The number of likely N-dealkylation sites (tertiary alicyclic amines) is 1. The largest absolute Gasteiger partial charge is 0.471 e. The van der Waals surface area contributed by atoms with Crippen molar-refractivity contribution < 1.29 is 22.7 Å². The van der Waals surface area contributed by atoms with Gasteiger partial charge in [-0.15, -0.1) is 0 Å². The number of nitrogens with zero attached hydrogens (tertiary/aromatic N) is 4. The van der Waals surface area contributed by atoms with E-state index in [1.54, 1.807) is 18.5 Å². The van der Waals surface area contributed by atoms with Crippen LogP contribution in [0.3, 0.4) is 0 Å². The predicted molar refractivity (Wildman–Crippen MR) is 120 cm³/mol. The van der Waals surface area contributed by atoms with Crippen molar-refractivity contribution in [1.29, 1.82) is 0 Å². The Kier molecular flexibility index (Phi) is 4.90. The number of dihydropyridines is 1. The zero-order chi connectivity index (χ0) is 24.5. The lowest BCUT2D eigenvalue weighted by atomic mass is 9.73. The topological polar surface area (TPSA) is 80.2 Å². The second-order valence-electron chi connectivity index (χ2n) is 9.61. The fraction of sp³-hybridized carbons (Fsp3) is 0.417. The number of carbonyl (C=O) groups is 1. The average Bonchev–Trinajstić information content (AvgIpc) is 3.48. The first-order valence-electron chi connectivity index (χ1n) is 11.3. The molecule has 4 heterocycles. The molecule has 11 heteroatoms. The number of halogens is 4. The SMILES string of the molecule is CC1=CC(C(=O)N2CC3CC34CC(Oc3ncc(C(F)(F)F)cc3Cl)C24)=C(c2ncccn2)NC1. The molecule has 2 aromatic heterocycles. The number of alkyl halides is 3. The standard InChI is InChI=1S/C24H21ClF3N5O2/c1-12-5-15(18(31-9-12)20-29-3-2-4-30-20)22(34)33-11-14-7-23(14)8-17(19(23)33)35-21-16(25)6-13(10-32-21)24(26,27)28/h2-6,10,14,17,19,31H,7-9,11H2,1H3. The molecule has 35 heavy (non-hydrogen) atoms. The fourth-order valence-corrected chi connectivity index (χ4v) is 5.92. The van der Waals surface area contributed by atoms with Crippen molar-refractivity contribution in [3.05, 3.63) is 64.4 Å². The Morgan fingerprint density at radius 3 is 2.74 bits per heavy atom. The zero-order valence-corrected chi connectivity index (χ0v) is 19.4. The van der Waals surface area contributed by atoms with E-state index < -0.39 is 17.8 Å². The van der Waals surface area contributed by atoms with Crippen molar-refractivity contribution in [2.45, 2.75) is 38.1 Å². The van der Waals surface area contributed by atoms with Gasteiger partial charge >= 0.3 is 6.18 Å². The third kappa shape index (κ3) is 3.57. The number of nitrogens with one attached hydrogen (secondary N) is 1. The van der Waals surface area contributed by atoms with E-state index in [2.05, 4.69) is 20.3 Å². The molecule has 2 aromatic rings. The van der Waals surface area contributed by atoms with E-state index in [1.807, 2.05) is 17.9 Å². The summed E-state index contributed by atoms with van der Waals surface area (Å²) in [4.78, 5) is 28.1. The van der Waals surface area contributed by atoms with Crippen LogP contribution >= 0.6 is 11.6 Å². The van der Waals surface area contributed by atoms with Gasteiger partial charge in [-0.1, -0.05) is 17.2 Å². The molecule has 1 spiro atoms. The maximum absolute atomic E-state index is 13.8. The molecule has 1 amide bonds. The van der Waals surface area contributed by atoms with E-state index in [0.29, 0.717) is 48.7 Å². The molecule has 2 aliphatic heterocycles. The van der Waals surface area contributed by atoms with E-state index in [0.717, 1.165) is 18.1 Å². The van der Waals surface area contributed by atoms with Gasteiger partial charge in [0.25, 0.3) is 5.91 Å². The number of rotatable bonds is 4. The van der Waals surface area contributed by atoms with Crippen LogP contribution in [0.5, 0.6) is 5.88 Å². The van der Waals surface area contributed by atoms with Crippen molar-refractivity contribution in [2.75, 3.05) is 13.1 Å². The van der Waals surface area contributed by atoms with Gasteiger partial charge < -0.3 is 15.0 Å². The Morgan fingerprint density at radius 1 is 1.26 bits per heavy atom. The highest BCUT2D eigenvalue weighted by Gasteiger charge is 2.76. The third-order valence-corrected chi connectivity index (χ3v) is 7.71. The molecule has 4 unspecified atom stereocenters. The summed E-state index contributed by atoms with van der Waals surface area (Å²) in [7, 11) is 0. The maximum Gasteiger partial charge on any atom is 0.417 e. The van der Waals surface area contributed by atoms with Gasteiger partial charge in [-0.05, 0) is 43.9 Å². The molecule has 1 saturated heterocycles. The number of aromatic nitrogens is 3. The van der Waals surface area contributed by atoms with Crippen LogP contribution in [0.15, 0.2) is 47.9 Å². The summed E-state index contributed by atoms with van der Waals surface area (Å²) < 4.78 is 44.9. The van der Waals surface area contributed by atoms with Gasteiger partial charge in [-0.25, -0.2) is 15.0 Å². The van der Waals surface area contributed by atoms with E-state index in [4.69, 9.17) is 16.3 Å². The molecule has 0 radical (unpaired) electrons. The third-order valence-electron chi connectivity index (χ3n) is 7.44. The highest BCUT2D eigenvalue weighted by Crippen LogP contribution is 2.71. The van der Waals surface area contributed by atoms with Crippen molar-refractivity contribution in [3.63, 3.8) is 0 Å². The zero-order valence-electron chi connectivity index (χ0n) is 18.6. The molecule has 6 rings (SSSR count). The first-order chi connectivity index (χ1) is 16.7. The van der Waals surface area contributed by atoms with E-state index in [1.165, 1.54) is 0 Å². The first-order valence-corrected chi connectivity index (χ1v) is 11.7. The molecule has 7 nitrogen and oxygen atoms in total. The second kappa shape index (κ2) is 7.68. The monoisotopic (exact) mass is 503 g/mol. The van der Waals surface area contributed by atoms with Crippen LogP contribution in [0.25, 0.3) is 5.70 Å². The van der Waals surface area contributed by atoms with Crippen molar-refractivity contribution in [3.8, 4) is 5.88 Å². The summed E-state index contributed by atoms with van der Waals surface area (Å²) in [5.74, 6) is 0.644. The van der Waals surface area contributed by atoms with Gasteiger partial charge in [0.05, 0.1) is 22.9 Å². The lowest BCUT2D eigenvalue weighted by molar-refractivity contribution is -0.138. The Bertz CT molecular complexity index is 1280. The van der Waals surface area contributed by atoms with Crippen LogP contribution in [0.1, 0.15) is 31.2 Å². The number of pyridine rings is 1. The van der Waals surface area contributed by atoms with Crippen LogP contribution in [0.2, 0.25) is 5.02 Å². The van der Waals surface area contributed by atoms with Gasteiger partial charge in [0.1, 0.15) is 11.1 Å². The summed E-state index contributed by atoms with van der Waals surface area (Å²) in [6.07, 6.45) is 2.62. The highest BCUT2D eigenvalue weighted by molar-refractivity contribution is 6.31. The summed E-state index contributed by atoms with van der Waals surface area (Å²) in [6, 6.07) is 2.33. The molecule has 2 aliphatic carbocycles. The summed E-state index contributed by atoms with van der Waals surface area (Å²) in [5, 5.41) is 3.07. The molecular weight excluding hydrogens is 483 g/mol. The average molecular weight is 504 g/mol. The highest BCUT2D eigenvalue weighted by atomic mass is 35.5. The molecule has 2 saturated carbocycles. The normalized spacial score (nSPS) is 29.0. The number of ether oxygens (including phenoxy) is 1. The second-order valence-corrected chi connectivity index (χ2v) is 10.0. The quantitative estimate of drug-likeness (QED) is 0.682. The van der Waals surface area contributed by atoms with E-state index in [9.17, 15) is 18.0 Å². The maximum atomic E-state index is 13.8. The summed E-state index contributed by atoms with van der Waals surface area (Å²) >= 11 is 6.07. The van der Waals surface area contributed by atoms with Gasteiger partial charge in [-0.2, -0.15) is 13.2 Å². The lowest BCUT2D eigenvalue weighted by Crippen LogP contribution is -2.59. The Labute approximate surface area is 204 Å². The molecular formula is C24H21ClF3N5O2. The van der Waals surface area contributed by atoms with Crippen LogP contribution in [-0.2, 0) is 11.0 Å². The minimum atomic E-state index is -4.54. The molecule has 0 aromatic carbocycles. The van der Waals surface area contributed by atoms with Gasteiger partial charge in [-0.3, -0.25) is 4.79 Å². The Balaban J connectivity index is 1.28. The fourth-order valence-electron chi connectivity index (χ4n) is 5.71. The molecule has 182 valence electrons. The smallest absolute Gasteiger partial charge is 0.417 e. The van der Waals surface area contributed by atoms with Gasteiger partial charge in [0.2, 0.25) is 5.88 Å². The minimum absolute atomic E-state index is 0.00351. The van der Waals surface area contributed by atoms with Gasteiger partial charge in [0, 0.05) is 37.1 Å². The van der Waals surface area contributed by atoms with Crippen molar-refractivity contribution >= 4 is 23.2 Å². The van der Waals surface area contributed by atoms with Gasteiger partial charge in [0.15, 0.2) is 5.82 Å². The molecule has 0 bridgehead atoms. The van der Waals surface area contributed by atoms with Crippen molar-refractivity contribution in [1.82, 2.24) is 25.2 Å².